The minimum Gasteiger partial charge on any atom is -0.373 e. The summed E-state index contributed by atoms with van der Waals surface area (Å²) in [5.41, 5.74) is 2.61. The molecule has 1 saturated heterocycles. The maximum absolute atomic E-state index is 9.91. The van der Waals surface area contributed by atoms with E-state index in [1.165, 1.54) is 0 Å². The second-order valence-electron chi connectivity index (χ2n) is 8.07. The fourth-order valence-corrected chi connectivity index (χ4v) is 3.95. The summed E-state index contributed by atoms with van der Waals surface area (Å²) in [5, 5.41) is 9.91. The predicted molar refractivity (Wildman–Crippen MR) is 115 cm³/mol. The Hall–Kier alpha value is -1.98. The Morgan fingerprint density at radius 2 is 1.62 bits per heavy atom. The lowest BCUT2D eigenvalue weighted by Gasteiger charge is -2.37. The van der Waals surface area contributed by atoms with Gasteiger partial charge in [0, 0.05) is 6.42 Å². The summed E-state index contributed by atoms with van der Waals surface area (Å²) in [5.74, 6) is -1.16. The van der Waals surface area contributed by atoms with Crippen molar-refractivity contribution in [3.8, 4) is 0 Å². The van der Waals surface area contributed by atoms with Gasteiger partial charge in [-0.05, 0) is 44.4 Å². The molecule has 3 rings (SSSR count). The number of ether oxygens (including phenoxy) is 3. The van der Waals surface area contributed by atoms with Crippen LogP contribution in [0.15, 0.2) is 72.3 Å². The highest BCUT2D eigenvalue weighted by Crippen LogP contribution is 2.41. The van der Waals surface area contributed by atoms with E-state index >= 15 is 0 Å². The molecule has 1 unspecified atom stereocenters. The molecule has 0 saturated carbocycles. The molecule has 156 valence electrons. The second-order valence-corrected chi connectivity index (χ2v) is 8.07. The van der Waals surface area contributed by atoms with Crippen LogP contribution in [0.4, 0.5) is 0 Å². The van der Waals surface area contributed by atoms with Gasteiger partial charge in [0.1, 0.15) is 5.60 Å². The van der Waals surface area contributed by atoms with Crippen molar-refractivity contribution >= 4 is 0 Å². The number of hydrogen-bond donors (Lipinski definition) is 1. The monoisotopic (exact) mass is 396 g/mol. The van der Waals surface area contributed by atoms with Crippen molar-refractivity contribution in [2.75, 3.05) is 13.2 Å². The highest BCUT2D eigenvalue weighted by molar-refractivity contribution is 5.45. The smallest absolute Gasteiger partial charge is 0.160 e. The maximum atomic E-state index is 9.91. The van der Waals surface area contributed by atoms with E-state index in [1.54, 1.807) is 13.8 Å². The standard InChI is InChI=1S/C25H32O4/c1-5-19(2)25(20-12-8-6-9-13-20,21-14-10-7-11-15-21)28-18-22-16-23(17-27-22)29-24(3,4)26/h5-15,22-23,26H,16-18H2,1-4H3/b19-5+/t22?,23-/m1/s1. The summed E-state index contributed by atoms with van der Waals surface area (Å²) in [6.45, 7) is 8.32. The SMILES string of the molecule is C/C=C(\C)C(OCC1C[C@@H](OC(C)(C)O)CO1)(c1ccccc1)c1ccccc1. The van der Waals surface area contributed by atoms with Crippen LogP contribution in [-0.2, 0) is 19.8 Å². The summed E-state index contributed by atoms with van der Waals surface area (Å²) in [6, 6.07) is 20.6. The highest BCUT2D eigenvalue weighted by Gasteiger charge is 2.39. The van der Waals surface area contributed by atoms with E-state index in [1.807, 2.05) is 43.3 Å². The molecule has 4 heteroatoms. The van der Waals surface area contributed by atoms with Crippen molar-refractivity contribution in [3.63, 3.8) is 0 Å². The minimum atomic E-state index is -1.16. The summed E-state index contributed by atoms with van der Waals surface area (Å²) < 4.78 is 18.3. The van der Waals surface area contributed by atoms with Crippen LogP contribution in [0.1, 0.15) is 45.2 Å². The zero-order valence-corrected chi connectivity index (χ0v) is 17.8. The molecule has 1 fully saturated rings. The Labute approximate surface area is 174 Å². The molecule has 2 atom stereocenters. The molecule has 1 aliphatic heterocycles. The van der Waals surface area contributed by atoms with Crippen LogP contribution in [0.5, 0.6) is 0 Å². The van der Waals surface area contributed by atoms with Gasteiger partial charge < -0.3 is 19.3 Å². The van der Waals surface area contributed by atoms with E-state index in [-0.39, 0.29) is 12.2 Å². The number of benzene rings is 2. The van der Waals surface area contributed by atoms with Crippen molar-refractivity contribution < 1.29 is 19.3 Å². The molecule has 1 N–H and O–H groups in total. The topological polar surface area (TPSA) is 47.9 Å². The molecule has 0 radical (unpaired) electrons. The van der Waals surface area contributed by atoms with Gasteiger partial charge in [0.2, 0.25) is 0 Å². The molecular formula is C25H32O4. The number of allylic oxidation sites excluding steroid dienone is 1. The molecular weight excluding hydrogens is 364 g/mol. The van der Waals surface area contributed by atoms with Crippen molar-refractivity contribution in [2.24, 2.45) is 0 Å². The van der Waals surface area contributed by atoms with E-state index in [0.29, 0.717) is 19.6 Å². The van der Waals surface area contributed by atoms with Gasteiger partial charge in [-0.25, -0.2) is 0 Å². The Bertz CT molecular complexity index is 753. The molecule has 0 spiro atoms. The molecule has 1 aliphatic rings. The van der Waals surface area contributed by atoms with Crippen LogP contribution in [0.25, 0.3) is 0 Å². The van der Waals surface area contributed by atoms with Gasteiger partial charge in [-0.1, -0.05) is 66.7 Å². The zero-order valence-electron chi connectivity index (χ0n) is 17.8. The minimum absolute atomic E-state index is 0.0844. The van der Waals surface area contributed by atoms with Crippen LogP contribution in [-0.4, -0.2) is 36.3 Å². The quantitative estimate of drug-likeness (QED) is 0.514. The van der Waals surface area contributed by atoms with Crippen LogP contribution < -0.4 is 0 Å². The Balaban J connectivity index is 1.87. The normalized spacial score (nSPS) is 20.8. The maximum Gasteiger partial charge on any atom is 0.160 e. The van der Waals surface area contributed by atoms with Gasteiger partial charge in [-0.3, -0.25) is 0 Å². The Morgan fingerprint density at radius 1 is 1.07 bits per heavy atom. The third kappa shape index (κ3) is 5.14. The lowest BCUT2D eigenvalue weighted by Crippen LogP contribution is -2.36. The molecule has 29 heavy (non-hydrogen) atoms. The van der Waals surface area contributed by atoms with Crippen molar-refractivity contribution in [2.45, 2.75) is 57.7 Å². The summed E-state index contributed by atoms with van der Waals surface area (Å²) in [4.78, 5) is 0. The molecule has 1 heterocycles. The first-order valence-corrected chi connectivity index (χ1v) is 10.3. The predicted octanol–water partition coefficient (Wildman–Crippen LogP) is 4.82. The lowest BCUT2D eigenvalue weighted by molar-refractivity contribution is -0.204. The molecule has 0 aliphatic carbocycles. The average Bonchev–Trinajstić information content (AvgIpc) is 3.15. The fourth-order valence-electron chi connectivity index (χ4n) is 3.95. The van der Waals surface area contributed by atoms with E-state index < -0.39 is 11.4 Å². The third-order valence-corrected chi connectivity index (χ3v) is 5.33. The first kappa shape index (κ1) is 21.7. The molecule has 2 aromatic rings. The van der Waals surface area contributed by atoms with Crippen LogP contribution in [0, 0.1) is 0 Å². The van der Waals surface area contributed by atoms with Gasteiger partial charge in [0.05, 0.1) is 25.4 Å². The number of aliphatic hydroxyl groups is 1. The molecule has 2 aromatic carbocycles. The summed E-state index contributed by atoms with van der Waals surface area (Å²) >= 11 is 0. The number of hydrogen-bond acceptors (Lipinski definition) is 4. The van der Waals surface area contributed by atoms with Gasteiger partial charge in [0.15, 0.2) is 5.79 Å². The Kier molecular flexibility index (Phi) is 6.91. The van der Waals surface area contributed by atoms with Gasteiger partial charge in [-0.15, -0.1) is 0 Å². The van der Waals surface area contributed by atoms with Crippen molar-refractivity contribution in [3.05, 3.63) is 83.4 Å². The van der Waals surface area contributed by atoms with Gasteiger partial charge >= 0.3 is 0 Å². The van der Waals surface area contributed by atoms with Crippen molar-refractivity contribution in [1.82, 2.24) is 0 Å². The largest absolute Gasteiger partial charge is 0.373 e. The van der Waals surface area contributed by atoms with Crippen molar-refractivity contribution in [1.29, 1.82) is 0 Å². The highest BCUT2D eigenvalue weighted by atomic mass is 16.6. The molecule has 0 amide bonds. The van der Waals surface area contributed by atoms with E-state index in [0.717, 1.165) is 16.7 Å². The lowest BCUT2D eigenvalue weighted by atomic mass is 9.80. The van der Waals surface area contributed by atoms with E-state index in [4.69, 9.17) is 14.2 Å². The Morgan fingerprint density at radius 3 is 2.10 bits per heavy atom. The molecule has 4 nitrogen and oxygen atoms in total. The first-order chi connectivity index (χ1) is 13.8. The summed E-state index contributed by atoms with van der Waals surface area (Å²) in [6.07, 6.45) is 2.59. The fraction of sp³-hybridized carbons (Fsp3) is 0.440. The second kappa shape index (κ2) is 9.23. The van der Waals surface area contributed by atoms with Crippen LogP contribution in [0.3, 0.4) is 0 Å². The first-order valence-electron chi connectivity index (χ1n) is 10.3. The molecule has 0 aromatic heterocycles. The van der Waals surface area contributed by atoms with Crippen LogP contribution >= 0.6 is 0 Å². The van der Waals surface area contributed by atoms with E-state index in [9.17, 15) is 5.11 Å². The van der Waals surface area contributed by atoms with Gasteiger partial charge in [-0.2, -0.15) is 0 Å². The average molecular weight is 397 g/mol. The third-order valence-electron chi connectivity index (χ3n) is 5.33. The summed E-state index contributed by atoms with van der Waals surface area (Å²) in [7, 11) is 0. The zero-order chi connectivity index (χ0) is 20.9. The molecule has 0 bridgehead atoms. The van der Waals surface area contributed by atoms with Crippen LogP contribution in [0.2, 0.25) is 0 Å². The number of rotatable bonds is 8. The van der Waals surface area contributed by atoms with Gasteiger partial charge in [0.25, 0.3) is 0 Å². The van der Waals surface area contributed by atoms with E-state index in [2.05, 4.69) is 37.3 Å².